The van der Waals surface area contributed by atoms with Crippen molar-refractivity contribution < 1.29 is 4.74 Å². The van der Waals surface area contributed by atoms with Gasteiger partial charge in [0.2, 0.25) is 0 Å². The first-order valence-electron chi connectivity index (χ1n) is 4.58. The van der Waals surface area contributed by atoms with Crippen molar-refractivity contribution in [3.63, 3.8) is 0 Å². The number of H-pyrrole nitrogens is 1. The van der Waals surface area contributed by atoms with Crippen LogP contribution in [-0.4, -0.2) is 18.2 Å². The van der Waals surface area contributed by atoms with E-state index in [-0.39, 0.29) is 0 Å². The van der Waals surface area contributed by atoms with Crippen LogP contribution in [0.5, 0.6) is 0 Å². The molecule has 0 aliphatic carbocycles. The van der Waals surface area contributed by atoms with Crippen molar-refractivity contribution in [2.24, 2.45) is 0 Å². The van der Waals surface area contributed by atoms with Crippen molar-refractivity contribution in [1.82, 2.24) is 4.98 Å². The molecular formula is C11H11NO. The highest BCUT2D eigenvalue weighted by atomic mass is 16.5. The Morgan fingerprint density at radius 3 is 2.92 bits per heavy atom. The maximum Gasteiger partial charge on any atom is 0.0557 e. The Hall–Kier alpha value is -1.28. The fourth-order valence-corrected chi connectivity index (χ4v) is 1.75. The Morgan fingerprint density at radius 1 is 1.23 bits per heavy atom. The van der Waals surface area contributed by atoms with Crippen LogP contribution in [0.25, 0.3) is 10.9 Å². The topological polar surface area (TPSA) is 25.0 Å². The van der Waals surface area contributed by atoms with Crippen LogP contribution in [0.1, 0.15) is 11.5 Å². The van der Waals surface area contributed by atoms with Crippen LogP contribution in [0.3, 0.4) is 0 Å². The lowest BCUT2D eigenvalue weighted by atomic mass is 9.97. The van der Waals surface area contributed by atoms with Crippen LogP contribution in [0, 0.1) is 0 Å². The highest BCUT2D eigenvalue weighted by molar-refractivity contribution is 5.80. The lowest BCUT2D eigenvalue weighted by molar-refractivity contribution is 0.00847. The maximum absolute atomic E-state index is 5.17. The van der Waals surface area contributed by atoms with Gasteiger partial charge in [-0.1, -0.05) is 12.1 Å². The van der Waals surface area contributed by atoms with E-state index in [0.717, 1.165) is 13.2 Å². The second-order valence-electron chi connectivity index (χ2n) is 3.56. The molecule has 13 heavy (non-hydrogen) atoms. The fourth-order valence-electron chi connectivity index (χ4n) is 1.75. The zero-order valence-corrected chi connectivity index (χ0v) is 7.29. The van der Waals surface area contributed by atoms with Gasteiger partial charge >= 0.3 is 0 Å². The molecule has 1 aromatic carbocycles. The molecule has 1 aromatic heterocycles. The molecule has 1 aliphatic rings. The summed E-state index contributed by atoms with van der Waals surface area (Å²) in [4.78, 5) is 3.22. The number of hydrogen-bond donors (Lipinski definition) is 1. The Labute approximate surface area is 76.5 Å². The molecule has 0 spiro atoms. The van der Waals surface area contributed by atoms with Crippen LogP contribution in [-0.2, 0) is 4.74 Å². The van der Waals surface area contributed by atoms with Crippen LogP contribution in [0.4, 0.5) is 0 Å². The maximum atomic E-state index is 5.17. The van der Waals surface area contributed by atoms with E-state index in [1.54, 1.807) is 0 Å². The van der Waals surface area contributed by atoms with Crippen molar-refractivity contribution in [2.75, 3.05) is 13.2 Å². The van der Waals surface area contributed by atoms with Crippen molar-refractivity contribution in [3.05, 3.63) is 36.0 Å². The van der Waals surface area contributed by atoms with E-state index in [2.05, 4.69) is 29.2 Å². The standard InChI is InChI=1S/C11H11NO/c1-2-9(10-6-13-7-10)5-11-8(1)3-4-12-11/h1-5,10,12H,6-7H2. The first-order chi connectivity index (χ1) is 6.43. The molecule has 1 fully saturated rings. The Balaban J connectivity index is 2.09. The molecule has 66 valence electrons. The number of aromatic amines is 1. The van der Waals surface area contributed by atoms with Gasteiger partial charge in [-0.25, -0.2) is 0 Å². The van der Waals surface area contributed by atoms with Gasteiger partial charge in [-0.2, -0.15) is 0 Å². The minimum atomic E-state index is 0.618. The molecule has 1 aliphatic heterocycles. The first-order valence-corrected chi connectivity index (χ1v) is 4.58. The van der Waals surface area contributed by atoms with Gasteiger partial charge in [0.1, 0.15) is 0 Å². The summed E-state index contributed by atoms with van der Waals surface area (Å²) in [6.07, 6.45) is 1.98. The average Bonchev–Trinajstić information content (AvgIpc) is 2.47. The molecule has 2 heterocycles. The number of aromatic nitrogens is 1. The van der Waals surface area contributed by atoms with Crippen molar-refractivity contribution >= 4 is 10.9 Å². The Kier molecular flexibility index (Phi) is 1.43. The molecule has 1 saturated heterocycles. The lowest BCUT2D eigenvalue weighted by Crippen LogP contribution is -2.24. The minimum Gasteiger partial charge on any atom is -0.380 e. The molecule has 0 saturated carbocycles. The van der Waals surface area contributed by atoms with Crippen LogP contribution >= 0.6 is 0 Å². The van der Waals surface area contributed by atoms with Gasteiger partial charge in [0.25, 0.3) is 0 Å². The van der Waals surface area contributed by atoms with Gasteiger partial charge in [0.15, 0.2) is 0 Å². The van der Waals surface area contributed by atoms with Gasteiger partial charge in [0.05, 0.1) is 13.2 Å². The molecule has 1 N–H and O–H groups in total. The monoisotopic (exact) mass is 173 g/mol. The van der Waals surface area contributed by atoms with Gasteiger partial charge in [-0.05, 0) is 23.1 Å². The molecule has 2 heteroatoms. The minimum absolute atomic E-state index is 0.618. The van der Waals surface area contributed by atoms with E-state index in [1.165, 1.54) is 16.5 Å². The SMILES string of the molecule is c1cc2ccc(C3COC3)cc2[nH]1. The largest absolute Gasteiger partial charge is 0.380 e. The van der Waals surface area contributed by atoms with Crippen molar-refractivity contribution in [2.45, 2.75) is 5.92 Å². The molecule has 0 atom stereocenters. The molecule has 2 aromatic rings. The van der Waals surface area contributed by atoms with E-state index in [4.69, 9.17) is 4.74 Å². The normalized spacial score (nSPS) is 17.5. The molecular weight excluding hydrogens is 162 g/mol. The summed E-state index contributed by atoms with van der Waals surface area (Å²) in [5.41, 5.74) is 2.62. The van der Waals surface area contributed by atoms with Gasteiger partial charge in [0, 0.05) is 17.6 Å². The summed E-state index contributed by atoms with van der Waals surface area (Å²) in [5.74, 6) is 0.618. The third kappa shape index (κ3) is 1.06. The number of fused-ring (bicyclic) bond motifs is 1. The van der Waals surface area contributed by atoms with E-state index in [1.807, 2.05) is 6.20 Å². The molecule has 0 unspecified atom stereocenters. The molecule has 0 amide bonds. The number of nitrogens with one attached hydrogen (secondary N) is 1. The Morgan fingerprint density at radius 2 is 2.15 bits per heavy atom. The zero-order chi connectivity index (χ0) is 8.67. The third-order valence-corrected chi connectivity index (χ3v) is 2.69. The smallest absolute Gasteiger partial charge is 0.0557 e. The van der Waals surface area contributed by atoms with Gasteiger partial charge < -0.3 is 9.72 Å². The summed E-state index contributed by atoms with van der Waals surface area (Å²) in [5, 5.41) is 1.28. The number of rotatable bonds is 1. The molecule has 3 rings (SSSR count). The van der Waals surface area contributed by atoms with Gasteiger partial charge in [-0.15, -0.1) is 0 Å². The van der Waals surface area contributed by atoms with Crippen molar-refractivity contribution in [3.8, 4) is 0 Å². The van der Waals surface area contributed by atoms with Crippen LogP contribution in [0.15, 0.2) is 30.5 Å². The summed E-state index contributed by atoms with van der Waals surface area (Å²) < 4.78 is 5.17. The Bertz CT molecular complexity index is 428. The average molecular weight is 173 g/mol. The lowest BCUT2D eigenvalue weighted by Gasteiger charge is -2.26. The van der Waals surface area contributed by atoms with Crippen molar-refractivity contribution in [1.29, 1.82) is 0 Å². The van der Waals surface area contributed by atoms with E-state index in [9.17, 15) is 0 Å². The predicted molar refractivity (Wildman–Crippen MR) is 51.9 cm³/mol. The highest BCUT2D eigenvalue weighted by Gasteiger charge is 2.20. The van der Waals surface area contributed by atoms with Crippen LogP contribution in [0.2, 0.25) is 0 Å². The quantitative estimate of drug-likeness (QED) is 0.703. The van der Waals surface area contributed by atoms with Gasteiger partial charge in [-0.3, -0.25) is 0 Å². The summed E-state index contributed by atoms with van der Waals surface area (Å²) in [6.45, 7) is 1.76. The second-order valence-corrected chi connectivity index (χ2v) is 3.56. The second kappa shape index (κ2) is 2.60. The molecule has 0 radical (unpaired) electrons. The van der Waals surface area contributed by atoms with Crippen LogP contribution < -0.4 is 0 Å². The number of benzene rings is 1. The molecule has 2 nitrogen and oxygen atoms in total. The van der Waals surface area contributed by atoms with E-state index in [0.29, 0.717) is 5.92 Å². The zero-order valence-electron chi connectivity index (χ0n) is 7.29. The number of hydrogen-bond acceptors (Lipinski definition) is 1. The fraction of sp³-hybridized carbons (Fsp3) is 0.273. The van der Waals surface area contributed by atoms with E-state index < -0.39 is 0 Å². The summed E-state index contributed by atoms with van der Waals surface area (Å²) in [6, 6.07) is 8.68. The highest BCUT2D eigenvalue weighted by Crippen LogP contribution is 2.26. The predicted octanol–water partition coefficient (Wildman–Crippen LogP) is 2.28. The molecule has 0 bridgehead atoms. The number of ether oxygens (including phenoxy) is 1. The summed E-state index contributed by atoms with van der Waals surface area (Å²) >= 11 is 0. The van der Waals surface area contributed by atoms with E-state index >= 15 is 0 Å². The summed E-state index contributed by atoms with van der Waals surface area (Å²) in [7, 11) is 0. The third-order valence-electron chi connectivity index (χ3n) is 2.69. The first kappa shape index (κ1) is 7.15.